The minimum absolute atomic E-state index is 0.0293. The van der Waals surface area contributed by atoms with Gasteiger partial charge in [-0.1, -0.05) is 0 Å². The molecule has 2 heterocycles. The van der Waals surface area contributed by atoms with Gasteiger partial charge in [-0.25, -0.2) is 13.6 Å². The first kappa shape index (κ1) is 14.7. The Morgan fingerprint density at radius 1 is 1.21 bits per heavy atom. The topological polar surface area (TPSA) is 86.9 Å². The minimum atomic E-state index is -3.60. The summed E-state index contributed by atoms with van der Waals surface area (Å²) in [6.45, 7) is 5.70. The van der Waals surface area contributed by atoms with Gasteiger partial charge >= 0.3 is 0 Å². The normalized spacial score (nSPS) is 27.2. The quantitative estimate of drug-likeness (QED) is 0.655. The Bertz CT molecular complexity index is 431. The van der Waals surface area contributed by atoms with Gasteiger partial charge in [-0.15, -0.1) is 0 Å². The number of hydrogen-bond acceptors (Lipinski definition) is 5. The fourth-order valence-corrected chi connectivity index (χ4v) is 3.27. The summed E-state index contributed by atoms with van der Waals surface area (Å²) in [5.74, 6) is -0.104. The van der Waals surface area contributed by atoms with Crippen molar-refractivity contribution in [3.05, 3.63) is 0 Å². The van der Waals surface area contributed by atoms with E-state index in [-0.39, 0.29) is 18.9 Å². The molecule has 0 bridgehead atoms. The van der Waals surface area contributed by atoms with Crippen molar-refractivity contribution in [2.24, 2.45) is 5.14 Å². The Hall–Kier alpha value is -0.700. The van der Waals surface area contributed by atoms with Crippen LogP contribution >= 0.6 is 0 Å². The SMILES string of the molecule is CN1CCN(CCN2CC(S(N)(=O)=O)CC2=O)CC1. The van der Waals surface area contributed by atoms with Crippen LogP contribution in [0.4, 0.5) is 0 Å². The Morgan fingerprint density at radius 3 is 2.37 bits per heavy atom. The van der Waals surface area contributed by atoms with Crippen molar-refractivity contribution in [2.75, 3.05) is 52.9 Å². The van der Waals surface area contributed by atoms with Crippen molar-refractivity contribution in [1.29, 1.82) is 0 Å². The van der Waals surface area contributed by atoms with Crippen LogP contribution in [0.1, 0.15) is 6.42 Å². The van der Waals surface area contributed by atoms with E-state index >= 15 is 0 Å². The first-order valence-electron chi connectivity index (χ1n) is 6.56. The first-order valence-corrected chi connectivity index (χ1v) is 8.17. The molecule has 0 radical (unpaired) electrons. The van der Waals surface area contributed by atoms with Gasteiger partial charge in [0.05, 0.1) is 0 Å². The highest BCUT2D eigenvalue weighted by atomic mass is 32.2. The number of nitrogens with zero attached hydrogens (tertiary/aromatic N) is 3. The fourth-order valence-electron chi connectivity index (χ4n) is 2.51. The predicted molar refractivity (Wildman–Crippen MR) is 72.0 cm³/mol. The number of likely N-dealkylation sites (N-methyl/N-ethyl adjacent to an activating group) is 1. The second-order valence-corrected chi connectivity index (χ2v) is 7.24. The maximum atomic E-state index is 11.7. The summed E-state index contributed by atoms with van der Waals surface area (Å²) in [5, 5.41) is 4.37. The third kappa shape index (κ3) is 3.88. The number of carbonyl (C=O) groups excluding carboxylic acids is 1. The van der Waals surface area contributed by atoms with Gasteiger partial charge in [0.15, 0.2) is 0 Å². The lowest BCUT2D eigenvalue weighted by Crippen LogP contribution is -2.47. The van der Waals surface area contributed by atoms with Crippen LogP contribution in [-0.4, -0.2) is 87.1 Å². The molecule has 1 unspecified atom stereocenters. The minimum Gasteiger partial charge on any atom is -0.340 e. The van der Waals surface area contributed by atoms with Gasteiger partial charge in [-0.3, -0.25) is 9.69 Å². The lowest BCUT2D eigenvalue weighted by atomic mass is 10.3. The van der Waals surface area contributed by atoms with E-state index in [0.717, 1.165) is 32.7 Å². The average molecular weight is 290 g/mol. The van der Waals surface area contributed by atoms with E-state index in [0.29, 0.717) is 6.54 Å². The molecule has 0 aliphatic carbocycles. The van der Waals surface area contributed by atoms with Crippen molar-refractivity contribution in [1.82, 2.24) is 14.7 Å². The Balaban J connectivity index is 1.79. The molecule has 2 rings (SSSR count). The van der Waals surface area contributed by atoms with E-state index in [1.807, 2.05) is 0 Å². The van der Waals surface area contributed by atoms with Gasteiger partial charge in [0.1, 0.15) is 5.25 Å². The molecular weight excluding hydrogens is 268 g/mol. The largest absolute Gasteiger partial charge is 0.340 e. The molecule has 2 fully saturated rings. The van der Waals surface area contributed by atoms with Crippen molar-refractivity contribution in [3.8, 4) is 0 Å². The van der Waals surface area contributed by atoms with Crippen molar-refractivity contribution < 1.29 is 13.2 Å². The molecule has 2 saturated heterocycles. The molecule has 0 spiro atoms. The molecule has 0 aromatic rings. The third-order valence-electron chi connectivity index (χ3n) is 3.93. The number of hydrogen-bond donors (Lipinski definition) is 1. The lowest BCUT2D eigenvalue weighted by molar-refractivity contribution is -0.127. The average Bonchev–Trinajstić information content (AvgIpc) is 2.70. The summed E-state index contributed by atoms with van der Waals surface area (Å²) in [7, 11) is -1.51. The lowest BCUT2D eigenvalue weighted by Gasteiger charge is -2.33. The van der Waals surface area contributed by atoms with Crippen LogP contribution in [0.2, 0.25) is 0 Å². The van der Waals surface area contributed by atoms with E-state index in [9.17, 15) is 13.2 Å². The number of rotatable bonds is 4. The van der Waals surface area contributed by atoms with Gasteiger partial charge in [0.2, 0.25) is 15.9 Å². The molecule has 2 N–H and O–H groups in total. The third-order valence-corrected chi connectivity index (χ3v) is 5.17. The predicted octanol–water partition coefficient (Wildman–Crippen LogP) is -1.88. The van der Waals surface area contributed by atoms with Gasteiger partial charge in [0.25, 0.3) is 0 Å². The summed E-state index contributed by atoms with van der Waals surface area (Å²) in [6.07, 6.45) is 0.0293. The van der Waals surface area contributed by atoms with E-state index in [1.54, 1.807) is 4.90 Å². The summed E-state index contributed by atoms with van der Waals surface area (Å²) in [6, 6.07) is 0. The summed E-state index contributed by atoms with van der Waals surface area (Å²) in [5.41, 5.74) is 0. The highest BCUT2D eigenvalue weighted by Crippen LogP contribution is 2.16. The highest BCUT2D eigenvalue weighted by Gasteiger charge is 2.36. The molecule has 1 atom stereocenters. The Labute approximate surface area is 114 Å². The van der Waals surface area contributed by atoms with Crippen LogP contribution in [0.15, 0.2) is 0 Å². The second-order valence-electron chi connectivity index (χ2n) is 5.40. The molecular formula is C11H22N4O3S. The number of nitrogens with two attached hydrogens (primary N) is 1. The zero-order valence-corrected chi connectivity index (χ0v) is 12.1. The molecule has 19 heavy (non-hydrogen) atoms. The number of primary sulfonamides is 1. The van der Waals surface area contributed by atoms with Crippen molar-refractivity contribution in [3.63, 3.8) is 0 Å². The summed E-state index contributed by atoms with van der Waals surface area (Å²) >= 11 is 0. The van der Waals surface area contributed by atoms with E-state index in [2.05, 4.69) is 16.8 Å². The van der Waals surface area contributed by atoms with E-state index < -0.39 is 15.3 Å². The molecule has 8 heteroatoms. The van der Waals surface area contributed by atoms with Crippen LogP contribution in [0.5, 0.6) is 0 Å². The van der Waals surface area contributed by atoms with Crippen LogP contribution in [0.3, 0.4) is 0 Å². The fraction of sp³-hybridized carbons (Fsp3) is 0.909. The second kappa shape index (κ2) is 5.74. The van der Waals surface area contributed by atoms with Crippen LogP contribution in [-0.2, 0) is 14.8 Å². The molecule has 2 aliphatic heterocycles. The molecule has 0 aromatic carbocycles. The van der Waals surface area contributed by atoms with E-state index in [1.165, 1.54) is 0 Å². The summed E-state index contributed by atoms with van der Waals surface area (Å²) < 4.78 is 22.5. The molecule has 2 aliphatic rings. The van der Waals surface area contributed by atoms with E-state index in [4.69, 9.17) is 5.14 Å². The Morgan fingerprint density at radius 2 is 1.84 bits per heavy atom. The van der Waals surface area contributed by atoms with Crippen LogP contribution in [0.25, 0.3) is 0 Å². The summed E-state index contributed by atoms with van der Waals surface area (Å²) in [4.78, 5) is 17.9. The van der Waals surface area contributed by atoms with Gasteiger partial charge in [-0.05, 0) is 7.05 Å². The zero-order valence-electron chi connectivity index (χ0n) is 11.3. The standard InChI is InChI=1S/C11H22N4O3S/c1-13-2-4-14(5-3-13)6-7-15-9-10(8-11(15)16)19(12,17)18/h10H,2-9H2,1H3,(H2,12,17,18). The first-order chi connectivity index (χ1) is 8.86. The van der Waals surface area contributed by atoms with Gasteiger partial charge < -0.3 is 9.80 Å². The molecule has 1 amide bonds. The number of sulfonamides is 1. The Kier molecular flexibility index (Phi) is 4.44. The zero-order chi connectivity index (χ0) is 14.0. The number of piperazine rings is 1. The van der Waals surface area contributed by atoms with Gasteiger partial charge in [0, 0.05) is 52.2 Å². The number of carbonyl (C=O) groups is 1. The van der Waals surface area contributed by atoms with Crippen LogP contribution < -0.4 is 5.14 Å². The van der Waals surface area contributed by atoms with Gasteiger partial charge in [-0.2, -0.15) is 0 Å². The maximum Gasteiger partial charge on any atom is 0.224 e. The number of amides is 1. The molecule has 0 saturated carbocycles. The molecule has 0 aromatic heterocycles. The maximum absolute atomic E-state index is 11.7. The molecule has 110 valence electrons. The monoisotopic (exact) mass is 290 g/mol. The molecule has 7 nitrogen and oxygen atoms in total. The highest BCUT2D eigenvalue weighted by molar-refractivity contribution is 7.89. The van der Waals surface area contributed by atoms with Crippen molar-refractivity contribution >= 4 is 15.9 Å². The van der Waals surface area contributed by atoms with Crippen molar-refractivity contribution in [2.45, 2.75) is 11.7 Å². The smallest absolute Gasteiger partial charge is 0.224 e. The van der Waals surface area contributed by atoms with Crippen LogP contribution in [0, 0.1) is 0 Å². The number of likely N-dealkylation sites (tertiary alicyclic amines) is 1.